The Morgan fingerprint density at radius 3 is 2.61 bits per heavy atom. The van der Waals surface area contributed by atoms with Gasteiger partial charge >= 0.3 is 12.0 Å². The molecule has 194 valence electrons. The minimum absolute atomic E-state index is 0.0231. The van der Waals surface area contributed by atoms with E-state index in [-0.39, 0.29) is 30.4 Å². The number of carboxylic acids is 1. The Labute approximate surface area is 214 Å². The van der Waals surface area contributed by atoms with Gasteiger partial charge in [0, 0.05) is 6.07 Å². The minimum Gasteiger partial charge on any atom is -0.490 e. The molecule has 5 rings (SSSR count). The number of furan rings is 1. The molecule has 0 radical (unpaired) electrons. The highest BCUT2D eigenvalue weighted by Gasteiger charge is 2.37. The summed E-state index contributed by atoms with van der Waals surface area (Å²) in [6, 6.07) is 11.2. The van der Waals surface area contributed by atoms with E-state index in [1.807, 2.05) is 0 Å². The number of anilines is 1. The van der Waals surface area contributed by atoms with E-state index < -0.39 is 23.8 Å². The molecular formula is C26H20N2O10. The normalized spacial score (nSPS) is 15.6. The third-order valence-electron chi connectivity index (χ3n) is 5.54. The van der Waals surface area contributed by atoms with Crippen molar-refractivity contribution in [2.45, 2.75) is 13.5 Å². The summed E-state index contributed by atoms with van der Waals surface area (Å²) in [6.45, 7) is 2.04. The fourth-order valence-electron chi connectivity index (χ4n) is 3.80. The smallest absolute Gasteiger partial charge is 0.371 e. The summed E-state index contributed by atoms with van der Waals surface area (Å²) in [4.78, 5) is 50.2. The summed E-state index contributed by atoms with van der Waals surface area (Å²) in [5.41, 5.74) is 0.374. The number of carbonyl (C=O) groups excluding carboxylic acids is 3. The highest BCUT2D eigenvalue weighted by atomic mass is 16.7. The summed E-state index contributed by atoms with van der Waals surface area (Å²) >= 11 is 0. The van der Waals surface area contributed by atoms with Crippen molar-refractivity contribution < 1.29 is 47.6 Å². The van der Waals surface area contributed by atoms with E-state index in [4.69, 9.17) is 28.5 Å². The molecule has 2 aliphatic rings. The standard InChI is InChI=1S/C26H20N2O10/c1-2-34-21-10-14(3-6-18(21)35-12-16-5-8-20(38-16)25(31)32)9-17-23(29)27-26(33)28(24(17)30)15-4-7-19-22(11-15)37-13-36-19/h3-11H,2,12-13H2,1H3,(H,31,32)(H,27,29,33)/b17-9+. The van der Waals surface area contributed by atoms with Gasteiger partial charge < -0.3 is 28.5 Å². The molecule has 2 aromatic carbocycles. The lowest BCUT2D eigenvalue weighted by molar-refractivity contribution is -0.122. The molecule has 4 amide bonds. The molecule has 1 aromatic heterocycles. The van der Waals surface area contributed by atoms with Crippen molar-refractivity contribution in [3.05, 3.63) is 71.2 Å². The van der Waals surface area contributed by atoms with Gasteiger partial charge in [-0.2, -0.15) is 0 Å². The summed E-state index contributed by atoms with van der Waals surface area (Å²) in [7, 11) is 0. The van der Waals surface area contributed by atoms with Crippen molar-refractivity contribution in [3.63, 3.8) is 0 Å². The zero-order valence-corrected chi connectivity index (χ0v) is 19.9. The molecule has 12 nitrogen and oxygen atoms in total. The SMILES string of the molecule is CCOc1cc(/C=C2\C(=O)NC(=O)N(c3ccc4c(c3)OCO4)C2=O)ccc1OCc1ccc(C(=O)O)o1. The van der Waals surface area contributed by atoms with Crippen LogP contribution in [-0.4, -0.2) is 42.3 Å². The fraction of sp³-hybridized carbons (Fsp3) is 0.154. The van der Waals surface area contributed by atoms with Crippen molar-refractivity contribution in [3.8, 4) is 23.0 Å². The zero-order chi connectivity index (χ0) is 26.8. The first kappa shape index (κ1) is 24.4. The number of ether oxygens (including phenoxy) is 4. The topological polar surface area (TPSA) is 154 Å². The summed E-state index contributed by atoms with van der Waals surface area (Å²) in [5, 5.41) is 11.2. The van der Waals surface area contributed by atoms with Crippen molar-refractivity contribution in [2.75, 3.05) is 18.3 Å². The second kappa shape index (κ2) is 10.0. The van der Waals surface area contributed by atoms with Crippen LogP contribution in [0, 0.1) is 0 Å². The molecule has 3 aromatic rings. The molecule has 12 heteroatoms. The number of nitrogens with zero attached hydrogens (tertiary/aromatic N) is 1. The first-order chi connectivity index (χ1) is 18.3. The molecule has 0 bridgehead atoms. The lowest BCUT2D eigenvalue weighted by atomic mass is 10.1. The van der Waals surface area contributed by atoms with Crippen molar-refractivity contribution in [2.24, 2.45) is 0 Å². The number of amides is 4. The molecule has 2 N–H and O–H groups in total. The van der Waals surface area contributed by atoms with Gasteiger partial charge in [0.15, 0.2) is 23.0 Å². The Bertz CT molecular complexity index is 1490. The third kappa shape index (κ3) is 4.74. The number of hydrogen-bond donors (Lipinski definition) is 2. The van der Waals surface area contributed by atoms with E-state index in [1.54, 1.807) is 31.2 Å². The molecule has 0 saturated carbocycles. The molecular weight excluding hydrogens is 500 g/mol. The quantitative estimate of drug-likeness (QED) is 0.334. The molecule has 1 saturated heterocycles. The number of hydrogen-bond acceptors (Lipinski definition) is 9. The lowest BCUT2D eigenvalue weighted by Gasteiger charge is -2.26. The lowest BCUT2D eigenvalue weighted by Crippen LogP contribution is -2.54. The molecule has 0 aliphatic carbocycles. The number of carboxylic acid groups (broad SMARTS) is 1. The molecule has 3 heterocycles. The first-order valence-corrected chi connectivity index (χ1v) is 11.4. The average molecular weight is 520 g/mol. The maximum Gasteiger partial charge on any atom is 0.371 e. The number of benzene rings is 2. The fourth-order valence-corrected chi connectivity index (χ4v) is 3.80. The van der Waals surface area contributed by atoms with Crippen LogP contribution in [0.5, 0.6) is 23.0 Å². The number of rotatable bonds is 8. The summed E-state index contributed by atoms with van der Waals surface area (Å²) in [6.07, 6.45) is 1.34. The molecule has 1 fully saturated rings. The molecule has 0 unspecified atom stereocenters. The first-order valence-electron chi connectivity index (χ1n) is 11.4. The van der Waals surface area contributed by atoms with Crippen LogP contribution >= 0.6 is 0 Å². The number of carbonyl (C=O) groups is 4. The van der Waals surface area contributed by atoms with Crippen LogP contribution in [0.3, 0.4) is 0 Å². The Kier molecular flexibility index (Phi) is 6.44. The third-order valence-corrected chi connectivity index (χ3v) is 5.54. The predicted molar refractivity (Wildman–Crippen MR) is 129 cm³/mol. The zero-order valence-electron chi connectivity index (χ0n) is 19.9. The maximum absolute atomic E-state index is 13.2. The Balaban J connectivity index is 1.39. The van der Waals surface area contributed by atoms with E-state index in [0.717, 1.165) is 4.90 Å². The van der Waals surface area contributed by atoms with Crippen molar-refractivity contribution in [1.82, 2.24) is 5.32 Å². The van der Waals surface area contributed by atoms with Gasteiger partial charge in [0.2, 0.25) is 12.6 Å². The highest BCUT2D eigenvalue weighted by molar-refractivity contribution is 6.39. The molecule has 38 heavy (non-hydrogen) atoms. The molecule has 2 aliphatic heterocycles. The summed E-state index contributed by atoms with van der Waals surface area (Å²) < 4.78 is 27.1. The molecule has 0 spiro atoms. The van der Waals surface area contributed by atoms with Crippen LogP contribution in [0.4, 0.5) is 10.5 Å². The summed E-state index contributed by atoms with van der Waals surface area (Å²) in [5.74, 6) is -1.26. The Morgan fingerprint density at radius 1 is 1.03 bits per heavy atom. The van der Waals surface area contributed by atoms with Gasteiger partial charge in [0.1, 0.15) is 17.9 Å². The van der Waals surface area contributed by atoms with Gasteiger partial charge in [-0.25, -0.2) is 14.5 Å². The second-order valence-corrected chi connectivity index (χ2v) is 7.99. The monoisotopic (exact) mass is 520 g/mol. The van der Waals surface area contributed by atoms with E-state index in [1.165, 1.54) is 30.3 Å². The van der Waals surface area contributed by atoms with Gasteiger partial charge in [0.25, 0.3) is 11.8 Å². The number of imide groups is 2. The van der Waals surface area contributed by atoms with Gasteiger partial charge in [-0.15, -0.1) is 0 Å². The second-order valence-electron chi connectivity index (χ2n) is 7.99. The van der Waals surface area contributed by atoms with Crippen LogP contribution < -0.4 is 29.2 Å². The van der Waals surface area contributed by atoms with Crippen molar-refractivity contribution in [1.29, 1.82) is 0 Å². The maximum atomic E-state index is 13.2. The van der Waals surface area contributed by atoms with Gasteiger partial charge in [-0.1, -0.05) is 6.07 Å². The Morgan fingerprint density at radius 2 is 1.84 bits per heavy atom. The minimum atomic E-state index is -1.19. The number of aromatic carboxylic acids is 1. The number of urea groups is 1. The van der Waals surface area contributed by atoms with Crippen LogP contribution in [0.15, 0.2) is 58.5 Å². The van der Waals surface area contributed by atoms with Gasteiger partial charge in [0.05, 0.1) is 12.3 Å². The van der Waals surface area contributed by atoms with E-state index in [0.29, 0.717) is 40.9 Å². The van der Waals surface area contributed by atoms with Crippen LogP contribution in [0.25, 0.3) is 6.08 Å². The predicted octanol–water partition coefficient (Wildman–Crippen LogP) is 3.35. The molecule has 0 atom stereocenters. The largest absolute Gasteiger partial charge is 0.490 e. The van der Waals surface area contributed by atoms with E-state index in [9.17, 15) is 19.2 Å². The van der Waals surface area contributed by atoms with Gasteiger partial charge in [-0.05, 0) is 55.0 Å². The van der Waals surface area contributed by atoms with Crippen molar-refractivity contribution >= 4 is 35.6 Å². The highest BCUT2D eigenvalue weighted by Crippen LogP contribution is 2.36. The number of barbiturate groups is 1. The number of nitrogens with one attached hydrogen (secondary N) is 1. The average Bonchev–Trinajstić information content (AvgIpc) is 3.56. The van der Waals surface area contributed by atoms with Crippen LogP contribution in [0.2, 0.25) is 0 Å². The van der Waals surface area contributed by atoms with E-state index >= 15 is 0 Å². The van der Waals surface area contributed by atoms with Crippen LogP contribution in [0.1, 0.15) is 28.8 Å². The van der Waals surface area contributed by atoms with E-state index in [2.05, 4.69) is 5.32 Å². The number of fused-ring (bicyclic) bond motifs is 1. The Hall–Kier alpha value is -5.26. The van der Waals surface area contributed by atoms with Crippen LogP contribution in [-0.2, 0) is 16.2 Å². The van der Waals surface area contributed by atoms with Gasteiger partial charge in [-0.3, -0.25) is 14.9 Å².